The molecule has 0 aliphatic rings. The standard InChI is InChI=1S/C18H22N2O2/c1-12-5-6-15(13(2)9-12)10-14(3)19-18(22)16-7-8-17(21)20(4)11-16/h5-9,11,14H,10H2,1-4H3,(H,19,22)/t14-/m0/s1. The molecular formula is C18H22N2O2. The number of pyridine rings is 1. The molecule has 4 nitrogen and oxygen atoms in total. The van der Waals surface area contributed by atoms with Crippen molar-refractivity contribution in [1.29, 1.82) is 0 Å². The van der Waals surface area contributed by atoms with Gasteiger partial charge in [-0.2, -0.15) is 0 Å². The lowest BCUT2D eigenvalue weighted by Gasteiger charge is -2.16. The lowest BCUT2D eigenvalue weighted by molar-refractivity contribution is 0.0939. The van der Waals surface area contributed by atoms with Crippen LogP contribution in [0.3, 0.4) is 0 Å². The molecule has 0 unspecified atom stereocenters. The van der Waals surface area contributed by atoms with E-state index in [9.17, 15) is 9.59 Å². The molecule has 2 aromatic rings. The van der Waals surface area contributed by atoms with Crippen molar-refractivity contribution in [2.24, 2.45) is 7.05 Å². The van der Waals surface area contributed by atoms with E-state index in [1.807, 2.05) is 6.92 Å². The summed E-state index contributed by atoms with van der Waals surface area (Å²) in [5.41, 5.74) is 4.08. The summed E-state index contributed by atoms with van der Waals surface area (Å²) in [7, 11) is 1.64. The maximum absolute atomic E-state index is 12.2. The number of aromatic nitrogens is 1. The van der Waals surface area contributed by atoms with Crippen molar-refractivity contribution in [3.8, 4) is 0 Å². The van der Waals surface area contributed by atoms with Gasteiger partial charge in [-0.05, 0) is 44.4 Å². The predicted molar refractivity (Wildman–Crippen MR) is 88.2 cm³/mol. The molecule has 0 aliphatic heterocycles. The van der Waals surface area contributed by atoms with E-state index >= 15 is 0 Å². The molecule has 1 amide bonds. The van der Waals surface area contributed by atoms with E-state index in [1.54, 1.807) is 19.3 Å². The Bertz CT molecular complexity index is 747. The van der Waals surface area contributed by atoms with E-state index in [0.717, 1.165) is 6.42 Å². The fraction of sp³-hybridized carbons (Fsp3) is 0.333. The number of rotatable bonds is 4. The third-order valence-corrected chi connectivity index (χ3v) is 3.75. The quantitative estimate of drug-likeness (QED) is 0.942. The van der Waals surface area contributed by atoms with Crippen molar-refractivity contribution < 1.29 is 4.79 Å². The highest BCUT2D eigenvalue weighted by atomic mass is 16.2. The number of carbonyl (C=O) groups excluding carboxylic acids is 1. The Hall–Kier alpha value is -2.36. The normalized spacial score (nSPS) is 12.0. The van der Waals surface area contributed by atoms with Crippen LogP contribution in [0, 0.1) is 13.8 Å². The van der Waals surface area contributed by atoms with Gasteiger partial charge in [0.15, 0.2) is 0 Å². The van der Waals surface area contributed by atoms with Crippen molar-refractivity contribution >= 4 is 5.91 Å². The van der Waals surface area contributed by atoms with Gasteiger partial charge < -0.3 is 9.88 Å². The van der Waals surface area contributed by atoms with Gasteiger partial charge in [-0.3, -0.25) is 9.59 Å². The van der Waals surface area contributed by atoms with E-state index in [-0.39, 0.29) is 17.5 Å². The van der Waals surface area contributed by atoms with Crippen LogP contribution >= 0.6 is 0 Å². The SMILES string of the molecule is Cc1ccc(C[C@H](C)NC(=O)c2ccc(=O)n(C)c2)c(C)c1. The van der Waals surface area contributed by atoms with Crippen molar-refractivity contribution in [3.63, 3.8) is 0 Å². The Balaban J connectivity index is 2.04. The predicted octanol–water partition coefficient (Wildman–Crippen LogP) is 2.36. The lowest BCUT2D eigenvalue weighted by Crippen LogP contribution is -2.35. The number of amides is 1. The lowest BCUT2D eigenvalue weighted by atomic mass is 10.00. The maximum atomic E-state index is 12.2. The summed E-state index contributed by atoms with van der Waals surface area (Å²) < 4.78 is 1.41. The average Bonchev–Trinajstić information content (AvgIpc) is 2.45. The minimum absolute atomic E-state index is 0.0196. The van der Waals surface area contributed by atoms with Crippen LogP contribution in [0.2, 0.25) is 0 Å². The molecule has 116 valence electrons. The summed E-state index contributed by atoms with van der Waals surface area (Å²) in [6.07, 6.45) is 2.34. The molecule has 1 N–H and O–H groups in total. The van der Waals surface area contributed by atoms with Crippen molar-refractivity contribution in [2.75, 3.05) is 0 Å². The first-order valence-electron chi connectivity index (χ1n) is 7.40. The highest BCUT2D eigenvalue weighted by Gasteiger charge is 2.12. The molecule has 0 saturated carbocycles. The molecule has 0 spiro atoms. The van der Waals surface area contributed by atoms with E-state index in [2.05, 4.69) is 37.4 Å². The van der Waals surface area contributed by atoms with Gasteiger partial charge in [0.2, 0.25) is 5.56 Å². The largest absolute Gasteiger partial charge is 0.349 e. The number of hydrogen-bond acceptors (Lipinski definition) is 2. The summed E-state index contributed by atoms with van der Waals surface area (Å²) in [5.74, 6) is -0.159. The molecule has 2 rings (SSSR count). The van der Waals surface area contributed by atoms with Gasteiger partial charge >= 0.3 is 0 Å². The molecule has 1 aromatic carbocycles. The van der Waals surface area contributed by atoms with Crippen LogP contribution in [-0.4, -0.2) is 16.5 Å². The summed E-state index contributed by atoms with van der Waals surface area (Å²) in [4.78, 5) is 23.6. The van der Waals surface area contributed by atoms with Crippen LogP contribution in [0.15, 0.2) is 41.3 Å². The van der Waals surface area contributed by atoms with E-state index < -0.39 is 0 Å². The Morgan fingerprint density at radius 2 is 1.95 bits per heavy atom. The van der Waals surface area contributed by atoms with E-state index in [0.29, 0.717) is 5.56 Å². The fourth-order valence-corrected chi connectivity index (χ4v) is 2.49. The smallest absolute Gasteiger partial charge is 0.252 e. The second-order valence-corrected chi connectivity index (χ2v) is 5.88. The Labute approximate surface area is 130 Å². The molecule has 22 heavy (non-hydrogen) atoms. The highest BCUT2D eigenvalue weighted by Crippen LogP contribution is 2.12. The Morgan fingerprint density at radius 1 is 1.23 bits per heavy atom. The number of hydrogen-bond donors (Lipinski definition) is 1. The highest BCUT2D eigenvalue weighted by molar-refractivity contribution is 5.94. The van der Waals surface area contributed by atoms with Gasteiger partial charge in [0, 0.05) is 25.4 Å². The van der Waals surface area contributed by atoms with Gasteiger partial charge in [0.05, 0.1) is 5.56 Å². The minimum Gasteiger partial charge on any atom is -0.349 e. The van der Waals surface area contributed by atoms with Gasteiger partial charge in [0.25, 0.3) is 5.91 Å². The van der Waals surface area contributed by atoms with E-state index in [1.165, 1.54) is 27.3 Å². The molecule has 1 heterocycles. The van der Waals surface area contributed by atoms with E-state index in [4.69, 9.17) is 0 Å². The molecule has 4 heteroatoms. The van der Waals surface area contributed by atoms with Gasteiger partial charge in [0.1, 0.15) is 0 Å². The first-order valence-corrected chi connectivity index (χ1v) is 7.40. The van der Waals surface area contributed by atoms with Crippen LogP contribution in [0.25, 0.3) is 0 Å². The van der Waals surface area contributed by atoms with Crippen LogP contribution in [0.1, 0.15) is 34.0 Å². The van der Waals surface area contributed by atoms with Gasteiger partial charge in [-0.15, -0.1) is 0 Å². The second-order valence-electron chi connectivity index (χ2n) is 5.88. The fourth-order valence-electron chi connectivity index (χ4n) is 2.49. The molecule has 0 saturated heterocycles. The minimum atomic E-state index is -0.159. The maximum Gasteiger partial charge on any atom is 0.252 e. The number of carbonyl (C=O) groups is 1. The molecule has 1 aromatic heterocycles. The molecule has 0 aliphatic carbocycles. The first kappa shape index (κ1) is 16.0. The van der Waals surface area contributed by atoms with Crippen molar-refractivity contribution in [2.45, 2.75) is 33.2 Å². The average molecular weight is 298 g/mol. The zero-order valence-electron chi connectivity index (χ0n) is 13.5. The van der Waals surface area contributed by atoms with Crippen molar-refractivity contribution in [1.82, 2.24) is 9.88 Å². The Morgan fingerprint density at radius 3 is 2.59 bits per heavy atom. The molecule has 1 atom stereocenters. The number of benzene rings is 1. The zero-order chi connectivity index (χ0) is 16.3. The molecule has 0 fully saturated rings. The van der Waals surface area contributed by atoms with Crippen molar-refractivity contribution in [3.05, 3.63) is 69.1 Å². The number of nitrogens with zero attached hydrogens (tertiary/aromatic N) is 1. The van der Waals surface area contributed by atoms with Crippen LogP contribution < -0.4 is 10.9 Å². The summed E-state index contributed by atoms with van der Waals surface area (Å²) >= 11 is 0. The third-order valence-electron chi connectivity index (χ3n) is 3.75. The second kappa shape index (κ2) is 6.60. The molecule has 0 radical (unpaired) electrons. The first-order chi connectivity index (χ1) is 10.4. The monoisotopic (exact) mass is 298 g/mol. The van der Waals surface area contributed by atoms with Crippen LogP contribution in [-0.2, 0) is 13.5 Å². The van der Waals surface area contributed by atoms with Gasteiger partial charge in [-0.1, -0.05) is 23.8 Å². The summed E-state index contributed by atoms with van der Waals surface area (Å²) in [5, 5.41) is 2.98. The Kier molecular flexibility index (Phi) is 4.81. The van der Waals surface area contributed by atoms with Gasteiger partial charge in [-0.25, -0.2) is 0 Å². The summed E-state index contributed by atoms with van der Waals surface area (Å²) in [6, 6.07) is 9.33. The summed E-state index contributed by atoms with van der Waals surface area (Å²) in [6.45, 7) is 6.14. The topological polar surface area (TPSA) is 51.1 Å². The zero-order valence-corrected chi connectivity index (χ0v) is 13.5. The van der Waals surface area contributed by atoms with Crippen LogP contribution in [0.4, 0.5) is 0 Å². The number of aryl methyl sites for hydroxylation is 3. The van der Waals surface area contributed by atoms with Crippen LogP contribution in [0.5, 0.6) is 0 Å². The number of nitrogens with one attached hydrogen (secondary N) is 1. The molecule has 0 bridgehead atoms. The molecular weight excluding hydrogens is 276 g/mol. The third kappa shape index (κ3) is 3.85.